The fourth-order valence-corrected chi connectivity index (χ4v) is 1.59. The average Bonchev–Trinajstić information content (AvgIpc) is 2.27. The predicted octanol–water partition coefficient (Wildman–Crippen LogP) is 1.88. The number of alkyl halides is 3. The molecule has 1 aromatic heterocycles. The molecule has 0 atom stereocenters. The maximum atomic E-state index is 11.8. The Labute approximate surface area is 105 Å². The zero-order valence-electron chi connectivity index (χ0n) is 9.07. The third-order valence-electron chi connectivity index (χ3n) is 1.69. The normalized spacial score (nSPS) is 11.3. The summed E-state index contributed by atoms with van der Waals surface area (Å²) >= 11 is 0.758. The van der Waals surface area contributed by atoms with E-state index < -0.39 is 17.9 Å². The maximum Gasteiger partial charge on any atom is 0.397 e. The molecule has 2 N–H and O–H groups in total. The van der Waals surface area contributed by atoms with Crippen LogP contribution in [0.25, 0.3) is 0 Å². The molecule has 0 saturated heterocycles. The summed E-state index contributed by atoms with van der Waals surface area (Å²) in [5.74, 6) is -1.48. The number of nitrogens with one attached hydrogen (secondary N) is 1. The Bertz CT molecular complexity index is 397. The van der Waals surface area contributed by atoms with Gasteiger partial charge in [-0.3, -0.25) is 0 Å². The molecule has 5 nitrogen and oxygen atoms in total. The van der Waals surface area contributed by atoms with Crippen molar-refractivity contribution in [2.75, 3.05) is 23.4 Å². The molecule has 0 unspecified atom stereocenters. The van der Waals surface area contributed by atoms with Crippen molar-refractivity contribution in [1.29, 1.82) is 0 Å². The van der Waals surface area contributed by atoms with Gasteiger partial charge in [0.1, 0.15) is 5.82 Å². The van der Waals surface area contributed by atoms with Crippen LogP contribution in [0, 0.1) is 0 Å². The van der Waals surface area contributed by atoms with E-state index in [9.17, 15) is 18.0 Å². The van der Waals surface area contributed by atoms with Gasteiger partial charge in [-0.25, -0.2) is 14.8 Å². The van der Waals surface area contributed by atoms with Crippen LogP contribution in [0.1, 0.15) is 10.5 Å². The highest BCUT2D eigenvalue weighted by Crippen LogP contribution is 2.20. The van der Waals surface area contributed by atoms with Crippen LogP contribution in [0.5, 0.6) is 0 Å². The van der Waals surface area contributed by atoms with Crippen LogP contribution < -0.4 is 5.32 Å². The Kier molecular flexibility index (Phi) is 5.20. The summed E-state index contributed by atoms with van der Waals surface area (Å²) in [6.45, 7) is 0.293. The van der Waals surface area contributed by atoms with Gasteiger partial charge < -0.3 is 10.4 Å². The minimum Gasteiger partial charge on any atom is -0.476 e. The first-order valence-corrected chi connectivity index (χ1v) is 5.97. The van der Waals surface area contributed by atoms with Crippen LogP contribution in [0.2, 0.25) is 0 Å². The number of thioether (sulfide) groups is 1. The molecule has 0 radical (unpaired) electrons. The lowest BCUT2D eigenvalue weighted by Gasteiger charge is -2.07. The molecule has 0 amide bonds. The number of aromatic nitrogens is 2. The summed E-state index contributed by atoms with van der Waals surface area (Å²) in [5, 5.41) is 11.3. The van der Waals surface area contributed by atoms with E-state index in [1.807, 2.05) is 0 Å². The molecule has 0 aromatic carbocycles. The van der Waals surface area contributed by atoms with Gasteiger partial charge in [0, 0.05) is 12.3 Å². The van der Waals surface area contributed by atoms with Crippen molar-refractivity contribution >= 4 is 23.5 Å². The van der Waals surface area contributed by atoms with Crippen molar-refractivity contribution in [1.82, 2.24) is 9.97 Å². The fourth-order valence-electron chi connectivity index (χ4n) is 0.969. The molecule has 0 bridgehead atoms. The van der Waals surface area contributed by atoms with E-state index in [4.69, 9.17) is 5.11 Å². The van der Waals surface area contributed by atoms with Crippen LogP contribution in [-0.4, -0.2) is 45.3 Å². The van der Waals surface area contributed by atoms with Crippen molar-refractivity contribution in [2.45, 2.75) is 6.18 Å². The lowest BCUT2D eigenvalue weighted by atomic mass is 10.4. The summed E-state index contributed by atoms with van der Waals surface area (Å²) in [4.78, 5) is 17.8. The van der Waals surface area contributed by atoms with E-state index in [2.05, 4.69) is 15.3 Å². The maximum absolute atomic E-state index is 11.8. The van der Waals surface area contributed by atoms with Crippen molar-refractivity contribution in [3.05, 3.63) is 18.1 Å². The van der Waals surface area contributed by atoms with E-state index in [1.54, 1.807) is 0 Å². The van der Waals surface area contributed by atoms with Crippen molar-refractivity contribution < 1.29 is 23.1 Å². The van der Waals surface area contributed by atoms with Crippen LogP contribution in [0.3, 0.4) is 0 Å². The Morgan fingerprint density at radius 1 is 1.39 bits per heavy atom. The lowest BCUT2D eigenvalue weighted by Crippen LogP contribution is -2.13. The second-order valence-corrected chi connectivity index (χ2v) is 4.29. The first kappa shape index (κ1) is 14.6. The average molecular weight is 281 g/mol. The van der Waals surface area contributed by atoms with E-state index in [-0.39, 0.29) is 11.4 Å². The number of nitrogens with zero attached hydrogens (tertiary/aromatic N) is 2. The second-order valence-electron chi connectivity index (χ2n) is 3.19. The van der Waals surface area contributed by atoms with Gasteiger partial charge in [0.25, 0.3) is 0 Å². The molecule has 0 aliphatic heterocycles. The van der Waals surface area contributed by atoms with E-state index in [0.717, 1.165) is 18.0 Å². The number of anilines is 1. The number of hydrogen-bond acceptors (Lipinski definition) is 5. The molecule has 1 aromatic rings. The molecular weight excluding hydrogens is 271 g/mol. The molecule has 9 heteroatoms. The van der Waals surface area contributed by atoms with E-state index in [1.165, 1.54) is 6.20 Å². The third-order valence-corrected chi connectivity index (χ3v) is 2.71. The molecule has 0 spiro atoms. The van der Waals surface area contributed by atoms with Gasteiger partial charge in [-0.1, -0.05) is 0 Å². The lowest BCUT2D eigenvalue weighted by molar-refractivity contribution is -0.105. The summed E-state index contributed by atoms with van der Waals surface area (Å²) in [5.41, 5.74) is -0.188. The molecule has 0 fully saturated rings. The molecule has 0 aliphatic carbocycles. The quantitative estimate of drug-likeness (QED) is 0.775. The number of rotatable bonds is 6. The third kappa shape index (κ3) is 5.71. The van der Waals surface area contributed by atoms with E-state index >= 15 is 0 Å². The van der Waals surface area contributed by atoms with Crippen molar-refractivity contribution in [3.8, 4) is 0 Å². The first-order chi connectivity index (χ1) is 8.38. The zero-order valence-corrected chi connectivity index (χ0v) is 9.88. The van der Waals surface area contributed by atoms with Gasteiger partial charge in [0.05, 0.1) is 18.1 Å². The van der Waals surface area contributed by atoms with Gasteiger partial charge in [-0.15, -0.1) is 0 Å². The largest absolute Gasteiger partial charge is 0.476 e. The number of aromatic carboxylic acids is 1. The Hall–Kier alpha value is -1.51. The SMILES string of the molecule is O=C(O)c1cnc(NCCSCC(F)(F)F)cn1. The van der Waals surface area contributed by atoms with Crippen molar-refractivity contribution in [2.24, 2.45) is 0 Å². The monoisotopic (exact) mass is 281 g/mol. The molecule has 100 valence electrons. The molecular formula is C9H10F3N3O2S. The highest BCUT2D eigenvalue weighted by molar-refractivity contribution is 7.99. The standard InChI is InChI=1S/C9H10F3N3O2S/c10-9(11,12)5-18-2-1-13-7-4-14-6(3-15-7)8(16)17/h3-4H,1-2,5H2,(H,13,15)(H,16,17). The van der Waals surface area contributed by atoms with Crippen LogP contribution in [-0.2, 0) is 0 Å². The van der Waals surface area contributed by atoms with Gasteiger partial charge in [-0.2, -0.15) is 24.9 Å². The van der Waals surface area contributed by atoms with Crippen LogP contribution in [0.15, 0.2) is 12.4 Å². The van der Waals surface area contributed by atoms with Gasteiger partial charge in [0.2, 0.25) is 0 Å². The molecule has 1 heterocycles. The Morgan fingerprint density at radius 3 is 2.61 bits per heavy atom. The van der Waals surface area contributed by atoms with Crippen molar-refractivity contribution in [3.63, 3.8) is 0 Å². The highest BCUT2D eigenvalue weighted by atomic mass is 32.2. The molecule has 0 aliphatic rings. The summed E-state index contributed by atoms with van der Waals surface area (Å²) < 4.78 is 35.4. The first-order valence-electron chi connectivity index (χ1n) is 4.82. The molecule has 1 rings (SSSR count). The number of carboxylic acid groups (broad SMARTS) is 1. The smallest absolute Gasteiger partial charge is 0.397 e. The topological polar surface area (TPSA) is 75.1 Å². The van der Waals surface area contributed by atoms with Crippen LogP contribution in [0.4, 0.5) is 19.0 Å². The number of carbonyl (C=O) groups is 1. The summed E-state index contributed by atoms with van der Waals surface area (Å²) in [6, 6.07) is 0. The number of hydrogen-bond donors (Lipinski definition) is 2. The minimum atomic E-state index is -4.16. The Morgan fingerprint density at radius 2 is 2.11 bits per heavy atom. The predicted molar refractivity (Wildman–Crippen MR) is 60.9 cm³/mol. The number of halogens is 3. The van der Waals surface area contributed by atoms with Gasteiger partial charge in [0.15, 0.2) is 5.69 Å². The zero-order chi connectivity index (χ0) is 13.6. The second kappa shape index (κ2) is 6.43. The highest BCUT2D eigenvalue weighted by Gasteiger charge is 2.26. The molecule has 0 saturated carbocycles. The van der Waals surface area contributed by atoms with Crippen LogP contribution >= 0.6 is 11.8 Å². The summed E-state index contributed by atoms with van der Waals surface area (Å²) in [6.07, 6.45) is -1.86. The number of carboxylic acids is 1. The fraction of sp³-hybridized carbons (Fsp3) is 0.444. The summed E-state index contributed by atoms with van der Waals surface area (Å²) in [7, 11) is 0. The molecule has 18 heavy (non-hydrogen) atoms. The van der Waals surface area contributed by atoms with E-state index in [0.29, 0.717) is 12.4 Å². The van der Waals surface area contributed by atoms with Gasteiger partial charge >= 0.3 is 12.1 Å². The minimum absolute atomic E-state index is 0.188. The Balaban J connectivity index is 2.25. The van der Waals surface area contributed by atoms with Gasteiger partial charge in [-0.05, 0) is 0 Å².